The molecule has 0 aliphatic heterocycles. The van der Waals surface area contributed by atoms with Crippen LogP contribution in [0.15, 0.2) is 0 Å². The van der Waals surface area contributed by atoms with E-state index in [1.165, 1.54) is 44.9 Å². The van der Waals surface area contributed by atoms with Gasteiger partial charge in [0.05, 0.1) is 6.61 Å². The molecule has 0 aromatic carbocycles. The van der Waals surface area contributed by atoms with E-state index < -0.39 is 18.2 Å². The smallest absolute Gasteiger partial charge is 1.00 e. The van der Waals surface area contributed by atoms with E-state index in [1.807, 2.05) is 0 Å². The van der Waals surface area contributed by atoms with Gasteiger partial charge in [-0.3, -0.25) is 4.55 Å². The molecular weight excluding hydrogens is 358 g/mol. The van der Waals surface area contributed by atoms with E-state index in [1.54, 1.807) is 0 Å². The first kappa shape index (κ1) is 28.8. The summed E-state index contributed by atoms with van der Waals surface area (Å²) < 4.78 is 41.9. The molecule has 0 aromatic heterocycles. The summed E-state index contributed by atoms with van der Waals surface area (Å²) in [5.74, 6) is 0. The zero-order valence-corrected chi connectivity index (χ0v) is 17.8. The molecule has 11 heteroatoms. The molecule has 138 valence electrons. The van der Waals surface area contributed by atoms with Crippen molar-refractivity contribution >= 4 is 18.2 Å². The molecule has 0 atom stereocenters. The van der Waals surface area contributed by atoms with Crippen LogP contribution in [0.4, 0.5) is 0 Å². The topological polar surface area (TPSA) is 141 Å². The Morgan fingerprint density at radius 3 is 1.48 bits per heavy atom. The Kier molecular flexibility index (Phi) is 22.3. The summed E-state index contributed by atoms with van der Waals surface area (Å²) in [6.45, 7) is 2.31. The van der Waals surface area contributed by atoms with E-state index in [-0.39, 0.29) is 37.6 Å². The molecule has 0 rings (SSSR count). The van der Waals surface area contributed by atoms with Gasteiger partial charge in [-0.05, 0) is 6.42 Å². The number of hydrogen-bond acceptors (Lipinski definition) is 4. The first-order chi connectivity index (χ1) is 10.1. The summed E-state index contributed by atoms with van der Waals surface area (Å²) in [5, 5.41) is 0. The minimum Gasteiger partial charge on any atom is -1.00 e. The molecule has 23 heavy (non-hydrogen) atoms. The van der Waals surface area contributed by atoms with Gasteiger partial charge in [-0.25, -0.2) is 8.75 Å². The Bertz CT molecular complexity index is 382. The quantitative estimate of drug-likeness (QED) is 0.157. The molecule has 0 heterocycles. The third-order valence-electron chi connectivity index (χ3n) is 2.73. The van der Waals surface area contributed by atoms with Gasteiger partial charge < -0.3 is 16.1 Å². The van der Waals surface area contributed by atoms with Crippen molar-refractivity contribution in [3.8, 4) is 0 Å². The molecule has 0 aromatic rings. The molecular formula is C12H30NaO8PS. The molecule has 0 bridgehead atoms. The Hall–Kier alpha value is 0.980. The zero-order valence-electron chi connectivity index (χ0n) is 15.1. The number of rotatable bonds is 12. The van der Waals surface area contributed by atoms with Gasteiger partial charge in [-0.15, -0.1) is 0 Å². The van der Waals surface area contributed by atoms with Crippen molar-refractivity contribution in [2.45, 2.75) is 71.1 Å². The van der Waals surface area contributed by atoms with E-state index in [0.29, 0.717) is 6.42 Å². The van der Waals surface area contributed by atoms with E-state index in [4.69, 9.17) is 23.8 Å². The Morgan fingerprint density at radius 2 is 1.17 bits per heavy atom. The van der Waals surface area contributed by atoms with Crippen LogP contribution in [0.25, 0.3) is 0 Å². The summed E-state index contributed by atoms with van der Waals surface area (Å²) in [7, 11) is -8.87. The molecule has 0 aliphatic rings. The molecule has 0 fully saturated rings. The van der Waals surface area contributed by atoms with Gasteiger partial charge in [0.1, 0.15) is 0 Å². The summed E-state index contributed by atoms with van der Waals surface area (Å²) in [6, 6.07) is 0. The molecule has 0 aliphatic carbocycles. The van der Waals surface area contributed by atoms with Gasteiger partial charge in [0.15, 0.2) is 0 Å². The predicted octanol–water partition coefficient (Wildman–Crippen LogP) is -0.0854. The van der Waals surface area contributed by atoms with Crippen LogP contribution in [0.3, 0.4) is 0 Å². The molecule has 8 nitrogen and oxygen atoms in total. The third-order valence-corrected chi connectivity index (χ3v) is 3.19. The van der Waals surface area contributed by atoms with E-state index in [9.17, 15) is 8.42 Å². The fourth-order valence-electron chi connectivity index (χ4n) is 1.75. The van der Waals surface area contributed by atoms with Crippen LogP contribution in [0, 0.1) is 0 Å². The fraction of sp³-hybridized carbons (Fsp3) is 1.00. The number of unbranched alkanes of at least 4 members (excludes halogenated alkanes) is 9. The minimum absolute atomic E-state index is 0. The van der Waals surface area contributed by atoms with Gasteiger partial charge in [0.2, 0.25) is 0 Å². The van der Waals surface area contributed by atoms with Crippen LogP contribution in [0.5, 0.6) is 0 Å². The third kappa shape index (κ3) is 45.1. The van der Waals surface area contributed by atoms with Gasteiger partial charge in [-0.2, -0.15) is 8.42 Å². The number of hydrogen-bond donors (Lipinski definition) is 4. The van der Waals surface area contributed by atoms with E-state index in [0.717, 1.165) is 12.8 Å². The normalized spacial score (nSPS) is 11.3. The van der Waals surface area contributed by atoms with Crippen molar-refractivity contribution in [1.29, 1.82) is 0 Å². The van der Waals surface area contributed by atoms with Gasteiger partial charge >= 0.3 is 47.8 Å². The maximum Gasteiger partial charge on any atom is 1.00 e. The maximum atomic E-state index is 10.2. The Labute approximate surface area is 163 Å². The molecule has 0 amide bonds. The van der Waals surface area contributed by atoms with Crippen LogP contribution >= 0.6 is 7.82 Å². The minimum atomic E-state index is -4.64. The molecule has 0 saturated heterocycles. The SMILES string of the molecule is CCCCCCCCCCCCOS(=O)(=O)O.O=P(O)(O)O.[H-].[Na+]. The second kappa shape index (κ2) is 17.8. The Morgan fingerprint density at radius 1 is 0.870 bits per heavy atom. The fourth-order valence-corrected chi connectivity index (χ4v) is 2.08. The molecule has 0 radical (unpaired) electrons. The first-order valence-electron chi connectivity index (χ1n) is 7.46. The average molecular weight is 388 g/mol. The average Bonchev–Trinajstić information content (AvgIpc) is 2.32. The second-order valence-corrected chi connectivity index (χ2v) is 7.06. The molecule has 0 unspecified atom stereocenters. The van der Waals surface area contributed by atoms with Crippen LogP contribution in [-0.2, 0) is 19.1 Å². The monoisotopic (exact) mass is 388 g/mol. The van der Waals surface area contributed by atoms with Crippen molar-refractivity contribution in [3.05, 3.63) is 0 Å². The van der Waals surface area contributed by atoms with Crippen molar-refractivity contribution < 1.29 is 67.4 Å². The van der Waals surface area contributed by atoms with Crippen molar-refractivity contribution in [1.82, 2.24) is 0 Å². The van der Waals surface area contributed by atoms with E-state index in [2.05, 4.69) is 11.1 Å². The second-order valence-electron chi connectivity index (χ2n) is 4.94. The van der Waals surface area contributed by atoms with Gasteiger partial charge in [0, 0.05) is 0 Å². The molecule has 0 spiro atoms. The predicted molar refractivity (Wildman–Crippen MR) is 84.7 cm³/mol. The van der Waals surface area contributed by atoms with Crippen LogP contribution in [-0.4, -0.2) is 34.3 Å². The molecule has 4 N–H and O–H groups in total. The number of phosphoric acid groups is 1. The van der Waals surface area contributed by atoms with E-state index >= 15 is 0 Å². The van der Waals surface area contributed by atoms with Crippen LogP contribution < -0.4 is 29.6 Å². The standard InChI is InChI=1S/C12H26O4S.Na.H3O4P.H/c1-2-3-4-5-6-7-8-9-10-11-12-16-17(13,14)15;;1-5(2,3)4;/h2-12H2,1H3,(H,13,14,15);;(H3,1,2,3,4);/q;+1;;-1. The van der Waals surface area contributed by atoms with Crippen LogP contribution in [0.1, 0.15) is 72.6 Å². The summed E-state index contributed by atoms with van der Waals surface area (Å²) >= 11 is 0. The van der Waals surface area contributed by atoms with Crippen molar-refractivity contribution in [2.75, 3.05) is 6.61 Å². The summed E-state index contributed by atoms with van der Waals surface area (Å²) in [5.41, 5.74) is 0. The molecule has 0 saturated carbocycles. The van der Waals surface area contributed by atoms with Crippen molar-refractivity contribution in [3.63, 3.8) is 0 Å². The summed E-state index contributed by atoms with van der Waals surface area (Å²) in [6.07, 6.45) is 11.9. The van der Waals surface area contributed by atoms with Crippen LogP contribution in [0.2, 0.25) is 0 Å². The summed E-state index contributed by atoms with van der Waals surface area (Å²) in [4.78, 5) is 21.6. The maximum absolute atomic E-state index is 10.2. The zero-order chi connectivity index (χ0) is 17.5. The Balaban J connectivity index is -0.000000250. The van der Waals surface area contributed by atoms with Gasteiger partial charge in [-0.1, -0.05) is 64.7 Å². The van der Waals surface area contributed by atoms with Gasteiger partial charge in [0.25, 0.3) is 0 Å². The first-order valence-corrected chi connectivity index (χ1v) is 10.4. The largest absolute Gasteiger partial charge is 1.00 e. The van der Waals surface area contributed by atoms with Crippen molar-refractivity contribution in [2.24, 2.45) is 0 Å².